The van der Waals surface area contributed by atoms with Crippen LogP contribution in [0.4, 0.5) is 4.39 Å². The first kappa shape index (κ1) is 12.6. The van der Waals surface area contributed by atoms with Gasteiger partial charge in [-0.1, -0.05) is 11.6 Å². The minimum atomic E-state index is -0.527. The lowest BCUT2D eigenvalue weighted by Crippen LogP contribution is -1.92. The second-order valence-electron chi connectivity index (χ2n) is 3.82. The lowest BCUT2D eigenvalue weighted by molar-refractivity contribution is 0.112. The Bertz CT molecular complexity index is 596. The SMILES string of the molecule is Cc1cc(C=O)ccc1Oc1ccc(Cl)cc1F. The van der Waals surface area contributed by atoms with E-state index in [0.717, 1.165) is 11.8 Å². The minimum absolute atomic E-state index is 0.0985. The zero-order chi connectivity index (χ0) is 13.1. The van der Waals surface area contributed by atoms with Gasteiger partial charge in [0.25, 0.3) is 0 Å². The molecule has 0 spiro atoms. The summed E-state index contributed by atoms with van der Waals surface area (Å²) in [5.74, 6) is 0.0736. The zero-order valence-corrected chi connectivity index (χ0v) is 10.4. The van der Waals surface area contributed by atoms with Crippen molar-refractivity contribution in [3.8, 4) is 11.5 Å². The van der Waals surface area contributed by atoms with E-state index in [-0.39, 0.29) is 5.75 Å². The molecule has 0 aliphatic carbocycles. The Morgan fingerprint density at radius 2 is 1.89 bits per heavy atom. The summed E-state index contributed by atoms with van der Waals surface area (Å²) in [7, 11) is 0. The van der Waals surface area contributed by atoms with Crippen molar-refractivity contribution in [2.45, 2.75) is 6.92 Å². The number of aryl methyl sites for hydroxylation is 1. The third-order valence-electron chi connectivity index (χ3n) is 2.45. The molecule has 2 nitrogen and oxygen atoms in total. The van der Waals surface area contributed by atoms with Crippen LogP contribution in [0.25, 0.3) is 0 Å². The molecule has 0 bridgehead atoms. The fourth-order valence-electron chi connectivity index (χ4n) is 1.54. The number of rotatable bonds is 3. The molecular formula is C14H10ClFO2. The van der Waals surface area contributed by atoms with Crippen molar-refractivity contribution < 1.29 is 13.9 Å². The smallest absolute Gasteiger partial charge is 0.167 e. The van der Waals surface area contributed by atoms with Gasteiger partial charge < -0.3 is 4.74 Å². The maximum Gasteiger partial charge on any atom is 0.167 e. The van der Waals surface area contributed by atoms with Crippen LogP contribution in [0, 0.1) is 12.7 Å². The fraction of sp³-hybridized carbons (Fsp3) is 0.0714. The van der Waals surface area contributed by atoms with E-state index < -0.39 is 5.82 Å². The van der Waals surface area contributed by atoms with Gasteiger partial charge in [-0.2, -0.15) is 0 Å². The van der Waals surface area contributed by atoms with Crippen molar-refractivity contribution >= 4 is 17.9 Å². The summed E-state index contributed by atoms with van der Waals surface area (Å²) < 4.78 is 19.0. The Balaban J connectivity index is 2.31. The van der Waals surface area contributed by atoms with Gasteiger partial charge in [0.1, 0.15) is 12.0 Å². The predicted octanol–water partition coefficient (Wildman–Crippen LogP) is 4.39. The highest BCUT2D eigenvalue weighted by atomic mass is 35.5. The lowest BCUT2D eigenvalue weighted by atomic mass is 10.1. The van der Waals surface area contributed by atoms with Gasteiger partial charge in [-0.05, 0) is 48.9 Å². The van der Waals surface area contributed by atoms with E-state index in [1.165, 1.54) is 12.1 Å². The van der Waals surface area contributed by atoms with E-state index in [0.29, 0.717) is 16.3 Å². The molecule has 18 heavy (non-hydrogen) atoms. The molecule has 0 unspecified atom stereocenters. The topological polar surface area (TPSA) is 26.3 Å². The first-order valence-electron chi connectivity index (χ1n) is 5.29. The van der Waals surface area contributed by atoms with Crippen molar-refractivity contribution in [3.63, 3.8) is 0 Å². The molecule has 0 aliphatic heterocycles. The third kappa shape index (κ3) is 2.68. The number of hydrogen-bond donors (Lipinski definition) is 0. The lowest BCUT2D eigenvalue weighted by Gasteiger charge is -2.09. The molecule has 92 valence electrons. The Labute approximate surface area is 109 Å². The Morgan fingerprint density at radius 3 is 2.50 bits per heavy atom. The summed E-state index contributed by atoms with van der Waals surface area (Å²) in [4.78, 5) is 10.6. The van der Waals surface area contributed by atoms with E-state index in [2.05, 4.69) is 0 Å². The number of halogens is 2. The first-order chi connectivity index (χ1) is 8.60. The van der Waals surface area contributed by atoms with Gasteiger partial charge in [0, 0.05) is 10.6 Å². The van der Waals surface area contributed by atoms with Crippen LogP contribution in [0.5, 0.6) is 11.5 Å². The summed E-state index contributed by atoms with van der Waals surface area (Å²) in [5.41, 5.74) is 1.31. The predicted molar refractivity (Wildman–Crippen MR) is 68.1 cm³/mol. The molecule has 0 saturated carbocycles. The van der Waals surface area contributed by atoms with Gasteiger partial charge in [0.05, 0.1) is 0 Å². The molecule has 0 N–H and O–H groups in total. The number of carbonyl (C=O) groups excluding carboxylic acids is 1. The maximum absolute atomic E-state index is 13.5. The molecular weight excluding hydrogens is 255 g/mol. The van der Waals surface area contributed by atoms with Crippen molar-refractivity contribution in [1.29, 1.82) is 0 Å². The third-order valence-corrected chi connectivity index (χ3v) is 2.68. The molecule has 0 aliphatic rings. The highest BCUT2D eigenvalue weighted by molar-refractivity contribution is 6.30. The second-order valence-corrected chi connectivity index (χ2v) is 4.26. The number of hydrogen-bond acceptors (Lipinski definition) is 2. The number of aldehydes is 1. The molecule has 2 rings (SSSR count). The molecule has 0 fully saturated rings. The molecule has 0 aromatic heterocycles. The largest absolute Gasteiger partial charge is 0.454 e. The molecule has 0 radical (unpaired) electrons. The summed E-state index contributed by atoms with van der Waals surface area (Å²) in [6, 6.07) is 9.12. The first-order valence-corrected chi connectivity index (χ1v) is 5.66. The van der Waals surface area contributed by atoms with E-state index in [1.54, 1.807) is 31.2 Å². The van der Waals surface area contributed by atoms with Crippen LogP contribution in [0.1, 0.15) is 15.9 Å². The average Bonchev–Trinajstić information content (AvgIpc) is 2.34. The standard InChI is InChI=1S/C14H10ClFO2/c1-9-6-10(8-17)2-4-13(9)18-14-5-3-11(15)7-12(14)16/h2-8H,1H3. The normalized spacial score (nSPS) is 10.2. The Kier molecular flexibility index (Phi) is 3.63. The van der Waals surface area contributed by atoms with Crippen LogP contribution in [0.15, 0.2) is 36.4 Å². The summed E-state index contributed by atoms with van der Waals surface area (Å²) >= 11 is 5.66. The van der Waals surface area contributed by atoms with Gasteiger partial charge in [-0.3, -0.25) is 4.79 Å². The average molecular weight is 265 g/mol. The van der Waals surface area contributed by atoms with Crippen LogP contribution in [0.2, 0.25) is 5.02 Å². The highest BCUT2D eigenvalue weighted by Crippen LogP contribution is 2.29. The summed E-state index contributed by atoms with van der Waals surface area (Å²) in [6.45, 7) is 1.79. The number of ether oxygens (including phenoxy) is 1. The fourth-order valence-corrected chi connectivity index (χ4v) is 1.70. The summed E-state index contributed by atoms with van der Waals surface area (Å²) in [6.07, 6.45) is 0.750. The molecule has 0 saturated heterocycles. The number of benzene rings is 2. The Hall–Kier alpha value is -1.87. The molecule has 4 heteroatoms. The van der Waals surface area contributed by atoms with Gasteiger partial charge in [-0.25, -0.2) is 4.39 Å². The minimum Gasteiger partial charge on any atom is -0.454 e. The van der Waals surface area contributed by atoms with Gasteiger partial charge >= 0.3 is 0 Å². The quantitative estimate of drug-likeness (QED) is 0.769. The second kappa shape index (κ2) is 5.19. The van der Waals surface area contributed by atoms with Gasteiger partial charge in [0.2, 0.25) is 0 Å². The van der Waals surface area contributed by atoms with E-state index in [9.17, 15) is 9.18 Å². The zero-order valence-electron chi connectivity index (χ0n) is 9.61. The number of carbonyl (C=O) groups is 1. The Morgan fingerprint density at radius 1 is 1.17 bits per heavy atom. The van der Waals surface area contributed by atoms with Crippen molar-refractivity contribution in [3.05, 3.63) is 58.4 Å². The van der Waals surface area contributed by atoms with E-state index in [4.69, 9.17) is 16.3 Å². The molecule has 2 aromatic carbocycles. The van der Waals surface area contributed by atoms with Crippen LogP contribution >= 0.6 is 11.6 Å². The molecule has 2 aromatic rings. The summed E-state index contributed by atoms with van der Waals surface area (Å²) in [5, 5.41) is 0.313. The van der Waals surface area contributed by atoms with Crippen LogP contribution in [-0.4, -0.2) is 6.29 Å². The monoisotopic (exact) mass is 264 g/mol. The molecule has 0 heterocycles. The van der Waals surface area contributed by atoms with Crippen LogP contribution in [0.3, 0.4) is 0 Å². The molecule has 0 atom stereocenters. The molecule has 0 amide bonds. The van der Waals surface area contributed by atoms with E-state index in [1.807, 2.05) is 0 Å². The van der Waals surface area contributed by atoms with Gasteiger partial charge in [0.15, 0.2) is 11.6 Å². The van der Waals surface area contributed by atoms with E-state index >= 15 is 0 Å². The van der Waals surface area contributed by atoms with Crippen molar-refractivity contribution in [1.82, 2.24) is 0 Å². The van der Waals surface area contributed by atoms with Crippen molar-refractivity contribution in [2.24, 2.45) is 0 Å². The van der Waals surface area contributed by atoms with Crippen LogP contribution in [-0.2, 0) is 0 Å². The highest BCUT2D eigenvalue weighted by Gasteiger charge is 2.07. The van der Waals surface area contributed by atoms with Crippen molar-refractivity contribution in [2.75, 3.05) is 0 Å². The van der Waals surface area contributed by atoms with Crippen LogP contribution < -0.4 is 4.74 Å². The maximum atomic E-state index is 13.5. The van der Waals surface area contributed by atoms with Gasteiger partial charge in [-0.15, -0.1) is 0 Å².